The fraction of sp³-hybridized carbons (Fsp3) is 0.0833. The molecule has 0 aliphatic rings. The van der Waals surface area contributed by atoms with E-state index >= 15 is 0 Å². The molecule has 0 saturated heterocycles. The van der Waals surface area contributed by atoms with E-state index in [2.05, 4.69) is 26.2 Å². The third-order valence-electron chi connectivity index (χ3n) is 2.12. The molecule has 0 aliphatic carbocycles. The Morgan fingerprint density at radius 2 is 2.12 bits per heavy atom. The zero-order valence-electron chi connectivity index (χ0n) is 8.45. The summed E-state index contributed by atoms with van der Waals surface area (Å²) < 4.78 is 14.2. The Morgan fingerprint density at radius 3 is 2.81 bits per heavy atom. The van der Waals surface area contributed by atoms with Gasteiger partial charge >= 0.3 is 0 Å². The zero-order valence-corrected chi connectivity index (χ0v) is 10.0. The van der Waals surface area contributed by atoms with E-state index in [0.717, 1.165) is 10.2 Å². The van der Waals surface area contributed by atoms with E-state index in [9.17, 15) is 4.39 Å². The molecular formula is C12H10BrFN2. The van der Waals surface area contributed by atoms with E-state index in [1.165, 1.54) is 6.07 Å². The molecule has 0 aliphatic heterocycles. The van der Waals surface area contributed by atoms with Gasteiger partial charge in [-0.2, -0.15) is 0 Å². The number of nitrogens with one attached hydrogen (secondary N) is 1. The summed E-state index contributed by atoms with van der Waals surface area (Å²) in [5, 5.41) is 3.00. The van der Waals surface area contributed by atoms with Crippen LogP contribution < -0.4 is 5.32 Å². The van der Waals surface area contributed by atoms with Crippen LogP contribution in [0.1, 0.15) is 5.69 Å². The SMILES string of the molecule is Fc1cc(Br)ccc1NCc1ccccn1. The van der Waals surface area contributed by atoms with Crippen molar-refractivity contribution in [1.29, 1.82) is 0 Å². The molecule has 4 heteroatoms. The Labute approximate surface area is 102 Å². The predicted molar refractivity (Wildman–Crippen MR) is 65.7 cm³/mol. The molecule has 0 radical (unpaired) electrons. The Hall–Kier alpha value is -1.42. The largest absolute Gasteiger partial charge is 0.377 e. The van der Waals surface area contributed by atoms with E-state index < -0.39 is 0 Å². The maximum atomic E-state index is 13.4. The normalized spacial score (nSPS) is 10.1. The average Bonchev–Trinajstić information content (AvgIpc) is 2.29. The molecule has 16 heavy (non-hydrogen) atoms. The van der Waals surface area contributed by atoms with E-state index in [1.54, 1.807) is 18.3 Å². The number of halogens is 2. The molecule has 1 aromatic carbocycles. The van der Waals surface area contributed by atoms with Gasteiger partial charge in [0, 0.05) is 10.7 Å². The van der Waals surface area contributed by atoms with Crippen LogP contribution in [0.3, 0.4) is 0 Å². The van der Waals surface area contributed by atoms with Gasteiger partial charge in [-0.25, -0.2) is 4.39 Å². The van der Waals surface area contributed by atoms with Gasteiger partial charge in [-0.3, -0.25) is 4.98 Å². The smallest absolute Gasteiger partial charge is 0.147 e. The highest BCUT2D eigenvalue weighted by molar-refractivity contribution is 9.10. The van der Waals surface area contributed by atoms with Crippen molar-refractivity contribution < 1.29 is 4.39 Å². The molecule has 0 amide bonds. The molecule has 0 spiro atoms. The van der Waals surface area contributed by atoms with Gasteiger partial charge in [0.25, 0.3) is 0 Å². The van der Waals surface area contributed by atoms with Crippen molar-refractivity contribution >= 4 is 21.6 Å². The molecule has 0 unspecified atom stereocenters. The maximum absolute atomic E-state index is 13.4. The highest BCUT2D eigenvalue weighted by Crippen LogP contribution is 2.19. The van der Waals surface area contributed by atoms with Crippen molar-refractivity contribution in [2.24, 2.45) is 0 Å². The summed E-state index contributed by atoms with van der Waals surface area (Å²) in [6.45, 7) is 0.513. The third kappa shape index (κ3) is 2.79. The highest BCUT2D eigenvalue weighted by atomic mass is 79.9. The first-order valence-corrected chi connectivity index (χ1v) is 5.64. The van der Waals surface area contributed by atoms with Gasteiger partial charge in [-0.05, 0) is 30.3 Å². The van der Waals surface area contributed by atoms with Crippen molar-refractivity contribution in [3.05, 3.63) is 58.6 Å². The summed E-state index contributed by atoms with van der Waals surface area (Å²) in [5.74, 6) is -0.273. The first kappa shape index (κ1) is 11.1. The summed E-state index contributed by atoms with van der Waals surface area (Å²) in [6.07, 6.45) is 1.72. The second kappa shape index (κ2) is 5.07. The van der Waals surface area contributed by atoms with E-state index in [0.29, 0.717) is 12.2 Å². The summed E-state index contributed by atoms with van der Waals surface area (Å²) in [5.41, 5.74) is 1.36. The molecule has 1 aromatic heterocycles. The fourth-order valence-electron chi connectivity index (χ4n) is 1.32. The fourth-order valence-corrected chi connectivity index (χ4v) is 1.65. The molecule has 0 fully saturated rings. The summed E-state index contributed by atoms with van der Waals surface area (Å²) >= 11 is 3.21. The quantitative estimate of drug-likeness (QED) is 0.929. The van der Waals surface area contributed by atoms with Crippen LogP contribution in [0.2, 0.25) is 0 Å². The molecule has 2 aromatic rings. The average molecular weight is 281 g/mol. The number of hydrogen-bond donors (Lipinski definition) is 1. The van der Waals surface area contributed by atoms with E-state index in [4.69, 9.17) is 0 Å². The standard InChI is InChI=1S/C12H10BrFN2/c13-9-4-5-12(11(14)7-9)16-8-10-3-1-2-6-15-10/h1-7,16H,8H2. The monoisotopic (exact) mass is 280 g/mol. The number of hydrogen-bond acceptors (Lipinski definition) is 2. The van der Waals surface area contributed by atoms with Crippen molar-refractivity contribution in [2.75, 3.05) is 5.32 Å². The number of benzene rings is 1. The lowest BCUT2D eigenvalue weighted by atomic mass is 10.3. The minimum absolute atomic E-state index is 0.273. The van der Waals surface area contributed by atoms with Gasteiger partial charge in [0.05, 0.1) is 17.9 Å². The van der Waals surface area contributed by atoms with Gasteiger partial charge in [-0.1, -0.05) is 22.0 Å². The van der Waals surface area contributed by atoms with Gasteiger partial charge in [0.1, 0.15) is 5.82 Å². The Kier molecular flexibility index (Phi) is 3.51. The first-order chi connectivity index (χ1) is 7.75. The molecular weight excluding hydrogens is 271 g/mol. The van der Waals surface area contributed by atoms with E-state index in [1.807, 2.05) is 18.2 Å². The number of rotatable bonds is 3. The molecule has 0 saturated carbocycles. The topological polar surface area (TPSA) is 24.9 Å². The van der Waals surface area contributed by atoms with Crippen molar-refractivity contribution in [2.45, 2.75) is 6.54 Å². The number of pyridine rings is 1. The molecule has 2 nitrogen and oxygen atoms in total. The summed E-state index contributed by atoms with van der Waals surface area (Å²) in [6, 6.07) is 10.6. The number of aromatic nitrogens is 1. The lowest BCUT2D eigenvalue weighted by Gasteiger charge is -2.07. The molecule has 1 heterocycles. The van der Waals surface area contributed by atoms with Crippen LogP contribution >= 0.6 is 15.9 Å². The lowest BCUT2D eigenvalue weighted by molar-refractivity contribution is 0.629. The Bertz CT molecular complexity index is 474. The minimum Gasteiger partial charge on any atom is -0.377 e. The van der Waals surface area contributed by atoms with Crippen LogP contribution in [0, 0.1) is 5.82 Å². The Balaban J connectivity index is 2.05. The minimum atomic E-state index is -0.273. The van der Waals surface area contributed by atoms with Crippen LogP contribution in [-0.4, -0.2) is 4.98 Å². The highest BCUT2D eigenvalue weighted by Gasteiger charge is 2.02. The van der Waals surface area contributed by atoms with Crippen LogP contribution in [-0.2, 0) is 6.54 Å². The van der Waals surface area contributed by atoms with E-state index in [-0.39, 0.29) is 5.82 Å². The second-order valence-electron chi connectivity index (χ2n) is 3.30. The molecule has 0 bridgehead atoms. The van der Waals surface area contributed by atoms with Crippen molar-refractivity contribution in [1.82, 2.24) is 4.98 Å². The molecule has 82 valence electrons. The molecule has 1 N–H and O–H groups in total. The van der Waals surface area contributed by atoms with Crippen LogP contribution in [0.4, 0.5) is 10.1 Å². The summed E-state index contributed by atoms with van der Waals surface area (Å²) in [4.78, 5) is 4.15. The van der Waals surface area contributed by atoms with Crippen LogP contribution in [0.15, 0.2) is 47.1 Å². The second-order valence-corrected chi connectivity index (χ2v) is 4.21. The first-order valence-electron chi connectivity index (χ1n) is 4.84. The third-order valence-corrected chi connectivity index (χ3v) is 2.61. The molecule has 2 rings (SSSR count). The van der Waals surface area contributed by atoms with Crippen LogP contribution in [0.5, 0.6) is 0 Å². The molecule has 0 atom stereocenters. The summed E-state index contributed by atoms with van der Waals surface area (Å²) in [7, 11) is 0. The van der Waals surface area contributed by atoms with Crippen molar-refractivity contribution in [3.63, 3.8) is 0 Å². The maximum Gasteiger partial charge on any atom is 0.147 e. The number of anilines is 1. The lowest BCUT2D eigenvalue weighted by Crippen LogP contribution is -2.02. The van der Waals surface area contributed by atoms with Crippen molar-refractivity contribution in [3.8, 4) is 0 Å². The van der Waals surface area contributed by atoms with Gasteiger partial charge in [0.15, 0.2) is 0 Å². The zero-order chi connectivity index (χ0) is 11.4. The predicted octanol–water partition coefficient (Wildman–Crippen LogP) is 3.60. The van der Waals surface area contributed by atoms with Gasteiger partial charge in [-0.15, -0.1) is 0 Å². The van der Waals surface area contributed by atoms with Gasteiger partial charge < -0.3 is 5.32 Å². The van der Waals surface area contributed by atoms with Gasteiger partial charge in [0.2, 0.25) is 0 Å². The Morgan fingerprint density at radius 1 is 1.25 bits per heavy atom. The van der Waals surface area contributed by atoms with Crippen LogP contribution in [0.25, 0.3) is 0 Å². The number of nitrogens with zero attached hydrogens (tertiary/aromatic N) is 1.